The van der Waals surface area contributed by atoms with E-state index in [0.717, 1.165) is 5.75 Å². The second-order valence-electron chi connectivity index (χ2n) is 5.13. The van der Waals surface area contributed by atoms with E-state index in [4.69, 9.17) is 10.5 Å². The highest BCUT2D eigenvalue weighted by atomic mass is 35.5. The Bertz CT molecular complexity index is 380. The van der Waals surface area contributed by atoms with E-state index in [2.05, 4.69) is 5.32 Å². The van der Waals surface area contributed by atoms with E-state index < -0.39 is 5.60 Å². The van der Waals surface area contributed by atoms with Crippen molar-refractivity contribution in [2.45, 2.75) is 38.8 Å². The van der Waals surface area contributed by atoms with Gasteiger partial charge in [0.15, 0.2) is 0 Å². The number of ether oxygens (including phenoxy) is 1. The fourth-order valence-corrected chi connectivity index (χ4v) is 1.52. The Morgan fingerprint density at radius 1 is 1.37 bits per heavy atom. The van der Waals surface area contributed by atoms with Crippen molar-refractivity contribution in [3.63, 3.8) is 0 Å². The van der Waals surface area contributed by atoms with E-state index in [1.54, 1.807) is 0 Å². The van der Waals surface area contributed by atoms with Gasteiger partial charge in [-0.1, -0.05) is 18.2 Å². The van der Waals surface area contributed by atoms with Crippen LogP contribution in [0.5, 0.6) is 5.75 Å². The van der Waals surface area contributed by atoms with Gasteiger partial charge >= 0.3 is 0 Å². The van der Waals surface area contributed by atoms with Gasteiger partial charge in [-0.2, -0.15) is 0 Å². The molecule has 19 heavy (non-hydrogen) atoms. The summed E-state index contributed by atoms with van der Waals surface area (Å²) in [5, 5.41) is 2.83. The maximum atomic E-state index is 11.5. The van der Waals surface area contributed by atoms with Gasteiger partial charge in [0.25, 0.3) is 0 Å². The normalized spacial score (nSPS) is 12.2. The van der Waals surface area contributed by atoms with Crippen molar-refractivity contribution in [1.82, 2.24) is 5.32 Å². The van der Waals surface area contributed by atoms with Crippen LogP contribution in [0, 0.1) is 0 Å². The van der Waals surface area contributed by atoms with E-state index in [0.29, 0.717) is 13.0 Å². The Morgan fingerprint density at radius 3 is 2.47 bits per heavy atom. The average Bonchev–Trinajstić information content (AvgIpc) is 2.26. The van der Waals surface area contributed by atoms with Crippen molar-refractivity contribution in [1.29, 1.82) is 0 Å². The molecular formula is C14H23ClN2O2. The lowest BCUT2D eigenvalue weighted by Gasteiger charge is -2.27. The molecule has 0 fully saturated rings. The van der Waals surface area contributed by atoms with Crippen LogP contribution in [0.3, 0.4) is 0 Å². The summed E-state index contributed by atoms with van der Waals surface area (Å²) in [5.41, 5.74) is 5.11. The summed E-state index contributed by atoms with van der Waals surface area (Å²) in [4.78, 5) is 11.5. The topological polar surface area (TPSA) is 64.4 Å². The van der Waals surface area contributed by atoms with Crippen LogP contribution in [-0.2, 0) is 4.79 Å². The molecule has 1 aromatic rings. The zero-order valence-electron chi connectivity index (χ0n) is 11.7. The van der Waals surface area contributed by atoms with Crippen molar-refractivity contribution >= 4 is 18.3 Å². The molecule has 1 aromatic carbocycles. The SMILES string of the molecule is CC(N)CC(=O)NCC(C)(C)Oc1ccccc1.Cl. The van der Waals surface area contributed by atoms with Gasteiger partial charge in [-0.3, -0.25) is 4.79 Å². The number of amides is 1. The maximum absolute atomic E-state index is 11.5. The van der Waals surface area contributed by atoms with Gasteiger partial charge in [0.1, 0.15) is 11.4 Å². The second kappa shape index (κ2) is 8.02. The van der Waals surface area contributed by atoms with Crippen LogP contribution in [0.1, 0.15) is 27.2 Å². The number of rotatable bonds is 6. The van der Waals surface area contributed by atoms with Gasteiger partial charge < -0.3 is 15.8 Å². The fourth-order valence-electron chi connectivity index (χ4n) is 1.52. The van der Waals surface area contributed by atoms with E-state index in [9.17, 15) is 4.79 Å². The van der Waals surface area contributed by atoms with E-state index in [-0.39, 0.29) is 24.4 Å². The van der Waals surface area contributed by atoms with Crippen LogP contribution in [0.25, 0.3) is 0 Å². The molecular weight excluding hydrogens is 264 g/mol. The van der Waals surface area contributed by atoms with Gasteiger partial charge in [-0.15, -0.1) is 12.4 Å². The first kappa shape index (κ1) is 17.7. The van der Waals surface area contributed by atoms with Gasteiger partial charge in [-0.25, -0.2) is 0 Å². The highest BCUT2D eigenvalue weighted by Crippen LogP contribution is 2.16. The first-order valence-corrected chi connectivity index (χ1v) is 6.15. The van der Waals surface area contributed by atoms with Crippen molar-refractivity contribution in [2.24, 2.45) is 5.73 Å². The Kier molecular flexibility index (Phi) is 7.49. The molecule has 0 saturated heterocycles. The summed E-state index contributed by atoms with van der Waals surface area (Å²) < 4.78 is 5.81. The van der Waals surface area contributed by atoms with Crippen molar-refractivity contribution < 1.29 is 9.53 Å². The molecule has 1 rings (SSSR count). The van der Waals surface area contributed by atoms with Crippen LogP contribution < -0.4 is 15.8 Å². The molecule has 0 radical (unpaired) electrons. The lowest BCUT2D eigenvalue weighted by atomic mass is 10.1. The van der Waals surface area contributed by atoms with Crippen LogP contribution in [-0.4, -0.2) is 24.1 Å². The number of nitrogens with one attached hydrogen (secondary N) is 1. The molecule has 5 heteroatoms. The highest BCUT2D eigenvalue weighted by molar-refractivity contribution is 5.85. The third kappa shape index (κ3) is 7.70. The van der Waals surface area contributed by atoms with Crippen LogP contribution in [0.2, 0.25) is 0 Å². The number of hydrogen-bond acceptors (Lipinski definition) is 3. The molecule has 1 atom stereocenters. The summed E-state index contributed by atoms with van der Waals surface area (Å²) in [7, 11) is 0. The summed E-state index contributed by atoms with van der Waals surface area (Å²) in [5.74, 6) is 0.749. The van der Waals surface area contributed by atoms with Crippen LogP contribution >= 0.6 is 12.4 Å². The van der Waals surface area contributed by atoms with E-state index >= 15 is 0 Å². The summed E-state index contributed by atoms with van der Waals surface area (Å²) in [6.45, 7) is 6.14. The molecule has 0 heterocycles. The lowest BCUT2D eigenvalue weighted by molar-refractivity contribution is -0.122. The molecule has 0 aliphatic heterocycles. The average molecular weight is 287 g/mol. The Hall–Kier alpha value is -1.26. The summed E-state index contributed by atoms with van der Waals surface area (Å²) in [6, 6.07) is 9.43. The summed E-state index contributed by atoms with van der Waals surface area (Å²) in [6.07, 6.45) is 0.335. The van der Waals surface area contributed by atoms with Crippen molar-refractivity contribution in [3.05, 3.63) is 30.3 Å². The quantitative estimate of drug-likeness (QED) is 0.842. The minimum Gasteiger partial charge on any atom is -0.486 e. The van der Waals surface area contributed by atoms with Crippen LogP contribution in [0.15, 0.2) is 30.3 Å². The molecule has 108 valence electrons. The molecule has 4 nitrogen and oxygen atoms in total. The molecule has 3 N–H and O–H groups in total. The highest BCUT2D eigenvalue weighted by Gasteiger charge is 2.20. The molecule has 0 spiro atoms. The molecule has 1 amide bonds. The fraction of sp³-hybridized carbons (Fsp3) is 0.500. The minimum atomic E-state index is -0.450. The maximum Gasteiger partial charge on any atom is 0.221 e. The number of carbonyl (C=O) groups is 1. The Balaban J connectivity index is 0.00000324. The standard InChI is InChI=1S/C14H22N2O2.ClH/c1-11(15)9-13(17)16-10-14(2,3)18-12-7-5-4-6-8-12;/h4-8,11H,9-10,15H2,1-3H3,(H,16,17);1H. The third-order valence-corrected chi connectivity index (χ3v) is 2.36. The minimum absolute atomic E-state index is 0. The van der Waals surface area contributed by atoms with Gasteiger partial charge in [0.05, 0.1) is 6.54 Å². The monoisotopic (exact) mass is 286 g/mol. The predicted octanol–water partition coefficient (Wildman–Crippen LogP) is 2.12. The number of halogens is 1. The van der Waals surface area contributed by atoms with E-state index in [1.165, 1.54) is 0 Å². The number of nitrogens with two attached hydrogens (primary N) is 1. The smallest absolute Gasteiger partial charge is 0.221 e. The number of para-hydroxylation sites is 1. The van der Waals surface area contributed by atoms with Gasteiger partial charge in [0, 0.05) is 12.5 Å². The first-order valence-electron chi connectivity index (χ1n) is 6.15. The number of benzene rings is 1. The van der Waals surface area contributed by atoms with Crippen molar-refractivity contribution in [3.8, 4) is 5.75 Å². The van der Waals surface area contributed by atoms with Crippen LogP contribution in [0.4, 0.5) is 0 Å². The largest absolute Gasteiger partial charge is 0.486 e. The number of hydrogen-bond donors (Lipinski definition) is 2. The van der Waals surface area contributed by atoms with Gasteiger partial charge in [0.2, 0.25) is 5.91 Å². The predicted molar refractivity (Wildman–Crippen MR) is 79.7 cm³/mol. The first-order chi connectivity index (χ1) is 8.39. The molecule has 0 aliphatic rings. The van der Waals surface area contributed by atoms with Crippen molar-refractivity contribution in [2.75, 3.05) is 6.54 Å². The Labute approximate surface area is 121 Å². The molecule has 0 bridgehead atoms. The third-order valence-electron chi connectivity index (χ3n) is 2.36. The molecule has 0 saturated carbocycles. The van der Waals surface area contributed by atoms with E-state index in [1.807, 2.05) is 51.1 Å². The molecule has 0 aliphatic carbocycles. The zero-order chi connectivity index (χ0) is 13.6. The summed E-state index contributed by atoms with van der Waals surface area (Å²) >= 11 is 0. The molecule has 0 aromatic heterocycles. The number of carbonyl (C=O) groups excluding carboxylic acids is 1. The lowest BCUT2D eigenvalue weighted by Crippen LogP contribution is -2.43. The molecule has 1 unspecified atom stereocenters. The zero-order valence-corrected chi connectivity index (χ0v) is 12.5. The second-order valence-corrected chi connectivity index (χ2v) is 5.13. The Morgan fingerprint density at radius 2 is 1.95 bits per heavy atom. The van der Waals surface area contributed by atoms with Gasteiger partial charge in [-0.05, 0) is 32.9 Å².